The van der Waals surface area contributed by atoms with E-state index >= 15 is 0 Å². The van der Waals surface area contributed by atoms with Crippen LogP contribution in [0, 0.1) is 5.92 Å². The Morgan fingerprint density at radius 2 is 1.29 bits per heavy atom. The van der Waals surface area contributed by atoms with Gasteiger partial charge >= 0.3 is 17.9 Å². The van der Waals surface area contributed by atoms with Crippen LogP contribution < -0.4 is 10.2 Å². The van der Waals surface area contributed by atoms with Crippen LogP contribution in [0.1, 0.15) is 41.5 Å². The molecule has 10 nitrogen and oxygen atoms in total. The number of anilines is 2. The minimum absolute atomic E-state index is 0.0150. The molecular weight excluding hydrogens is 456 g/mol. The Labute approximate surface area is 202 Å². The van der Waals surface area contributed by atoms with Crippen LogP contribution in [-0.2, 0) is 28.6 Å². The molecule has 0 saturated carbocycles. The molecule has 1 aliphatic rings. The quantitative estimate of drug-likeness (QED) is 0.345. The van der Waals surface area contributed by atoms with Gasteiger partial charge in [0.15, 0.2) is 12.0 Å². The summed E-state index contributed by atoms with van der Waals surface area (Å²) in [4.78, 5) is 67.3. The Hall–Kier alpha value is -4.21. The zero-order valence-electron chi connectivity index (χ0n) is 19.6. The highest BCUT2D eigenvalue weighted by molar-refractivity contribution is 6.21. The van der Waals surface area contributed by atoms with E-state index in [4.69, 9.17) is 14.2 Å². The zero-order valence-corrected chi connectivity index (χ0v) is 19.6. The number of esters is 3. The summed E-state index contributed by atoms with van der Waals surface area (Å²) in [7, 11) is 0. The summed E-state index contributed by atoms with van der Waals surface area (Å²) in [6.45, 7) is 4.37. The molecule has 0 aromatic heterocycles. The van der Waals surface area contributed by atoms with E-state index in [1.807, 2.05) is 0 Å². The lowest BCUT2D eigenvalue weighted by atomic mass is 9.94. The lowest BCUT2D eigenvalue weighted by Crippen LogP contribution is -2.56. The van der Waals surface area contributed by atoms with E-state index in [0.717, 1.165) is 4.90 Å². The molecule has 1 heterocycles. The van der Waals surface area contributed by atoms with E-state index in [9.17, 15) is 24.0 Å². The molecule has 1 N–H and O–H groups in total. The lowest BCUT2D eigenvalue weighted by Gasteiger charge is -2.35. The van der Waals surface area contributed by atoms with Gasteiger partial charge in [0.05, 0.1) is 42.3 Å². The number of fused-ring (bicyclic) bond motifs is 2. The molecule has 0 saturated heterocycles. The van der Waals surface area contributed by atoms with Gasteiger partial charge in [0.1, 0.15) is 0 Å². The fraction of sp³-hybridized carbons (Fsp3) is 0.320. The number of carbonyl (C=O) groups is 5. The highest BCUT2D eigenvalue weighted by Crippen LogP contribution is 2.33. The maximum Gasteiger partial charge on any atom is 0.330 e. The van der Waals surface area contributed by atoms with Gasteiger partial charge in [-0.3, -0.25) is 24.1 Å². The summed E-state index contributed by atoms with van der Waals surface area (Å²) in [5.74, 6) is -6.29. The van der Waals surface area contributed by atoms with E-state index in [2.05, 4.69) is 5.32 Å². The largest absolute Gasteiger partial charge is 0.465 e. The van der Waals surface area contributed by atoms with Crippen LogP contribution in [0.25, 0.3) is 0 Å². The van der Waals surface area contributed by atoms with Gasteiger partial charge in [-0.05, 0) is 45.0 Å². The number of nitrogens with zero attached hydrogens (tertiary/aromatic N) is 1. The number of benzene rings is 2. The Kier molecular flexibility index (Phi) is 8.19. The van der Waals surface area contributed by atoms with Gasteiger partial charge in [-0.2, -0.15) is 0 Å². The Morgan fingerprint density at radius 1 is 0.771 bits per heavy atom. The van der Waals surface area contributed by atoms with Gasteiger partial charge in [0.2, 0.25) is 0 Å². The van der Waals surface area contributed by atoms with Gasteiger partial charge in [0, 0.05) is 0 Å². The maximum atomic E-state index is 13.9. The van der Waals surface area contributed by atoms with E-state index in [1.165, 1.54) is 38.1 Å². The molecule has 184 valence electrons. The lowest BCUT2D eigenvalue weighted by molar-refractivity contribution is -0.167. The van der Waals surface area contributed by atoms with Crippen molar-refractivity contribution in [2.45, 2.75) is 26.8 Å². The van der Waals surface area contributed by atoms with E-state index in [1.54, 1.807) is 31.2 Å². The van der Waals surface area contributed by atoms with Gasteiger partial charge in [-0.1, -0.05) is 24.3 Å². The van der Waals surface area contributed by atoms with E-state index in [-0.39, 0.29) is 42.3 Å². The Balaban J connectivity index is 2.32. The molecule has 10 heteroatoms. The van der Waals surface area contributed by atoms with Gasteiger partial charge in [-0.25, -0.2) is 4.79 Å². The van der Waals surface area contributed by atoms with Crippen molar-refractivity contribution >= 4 is 41.1 Å². The van der Waals surface area contributed by atoms with E-state index < -0.39 is 41.7 Å². The van der Waals surface area contributed by atoms with Crippen molar-refractivity contribution in [2.24, 2.45) is 5.92 Å². The molecule has 35 heavy (non-hydrogen) atoms. The second-order valence-electron chi connectivity index (χ2n) is 7.37. The molecule has 2 aromatic rings. The molecule has 1 unspecified atom stereocenters. The number of carbonyl (C=O) groups excluding carboxylic acids is 5. The van der Waals surface area contributed by atoms with Crippen molar-refractivity contribution in [3.05, 3.63) is 59.7 Å². The number of amides is 2. The van der Waals surface area contributed by atoms with Crippen LogP contribution in [-0.4, -0.2) is 55.6 Å². The van der Waals surface area contributed by atoms with Gasteiger partial charge in [0.25, 0.3) is 11.8 Å². The number of ether oxygens (including phenoxy) is 3. The fourth-order valence-electron chi connectivity index (χ4n) is 3.80. The molecule has 1 aliphatic heterocycles. The van der Waals surface area contributed by atoms with Gasteiger partial charge < -0.3 is 19.5 Å². The monoisotopic (exact) mass is 482 g/mol. The molecule has 2 aromatic carbocycles. The van der Waals surface area contributed by atoms with Crippen LogP contribution in [0.15, 0.2) is 48.5 Å². The Morgan fingerprint density at radius 3 is 1.89 bits per heavy atom. The summed E-state index contributed by atoms with van der Waals surface area (Å²) < 4.78 is 15.3. The van der Waals surface area contributed by atoms with Crippen LogP contribution in [0.2, 0.25) is 0 Å². The number of nitrogens with one attached hydrogen (secondary N) is 1. The third kappa shape index (κ3) is 5.16. The van der Waals surface area contributed by atoms with Crippen LogP contribution in [0.3, 0.4) is 0 Å². The second-order valence-corrected chi connectivity index (χ2v) is 7.37. The van der Waals surface area contributed by atoms with Crippen molar-refractivity contribution < 1.29 is 38.2 Å². The predicted molar refractivity (Wildman–Crippen MR) is 125 cm³/mol. The van der Waals surface area contributed by atoms with Crippen molar-refractivity contribution in [3.8, 4) is 0 Å². The number of rotatable bonds is 8. The number of para-hydroxylation sites is 2. The zero-order chi connectivity index (χ0) is 25.5. The molecule has 0 radical (unpaired) electrons. The number of hydrogen-bond donors (Lipinski definition) is 1. The van der Waals surface area contributed by atoms with Crippen molar-refractivity contribution in [1.82, 2.24) is 0 Å². The summed E-state index contributed by atoms with van der Waals surface area (Å²) >= 11 is 0. The highest BCUT2D eigenvalue weighted by atomic mass is 16.6. The molecular formula is C25H26N2O8. The first-order valence-electron chi connectivity index (χ1n) is 11.2. The maximum absolute atomic E-state index is 13.9. The standard InChI is InChI=1S/C25H26N2O8/c1-4-33-23(30)19(24(31)34-5-2)20(25(32)35-6-3)27-18-14-10-8-12-16(18)21(28)26-17-13-9-7-11-15(17)22(27)29/h7-14,19-20H,4-6H2,1-3H3,(H,26,28). The van der Waals surface area contributed by atoms with Gasteiger partial charge in [-0.15, -0.1) is 0 Å². The average Bonchev–Trinajstić information content (AvgIpc) is 2.84. The van der Waals surface area contributed by atoms with Crippen molar-refractivity contribution in [2.75, 3.05) is 30.0 Å². The molecule has 0 aliphatic carbocycles. The number of hydrogen-bond acceptors (Lipinski definition) is 8. The minimum atomic E-state index is -1.86. The first kappa shape index (κ1) is 25.4. The molecule has 0 fully saturated rings. The van der Waals surface area contributed by atoms with E-state index in [0.29, 0.717) is 0 Å². The molecule has 0 bridgehead atoms. The SMILES string of the molecule is CCOC(=O)C(C(=O)OCC)C(C(=O)OCC)N1C(=O)c2ccccc2NC(=O)c2ccccc21. The van der Waals surface area contributed by atoms with Crippen molar-refractivity contribution in [3.63, 3.8) is 0 Å². The molecule has 3 rings (SSSR count). The third-order valence-corrected chi connectivity index (χ3v) is 5.24. The smallest absolute Gasteiger partial charge is 0.330 e. The Bertz CT molecular complexity index is 1130. The first-order valence-corrected chi connectivity index (χ1v) is 11.2. The average molecular weight is 482 g/mol. The topological polar surface area (TPSA) is 128 Å². The third-order valence-electron chi connectivity index (χ3n) is 5.24. The molecule has 1 atom stereocenters. The summed E-state index contributed by atoms with van der Waals surface area (Å²) in [6, 6.07) is 10.5. The first-order chi connectivity index (χ1) is 16.8. The molecule has 0 spiro atoms. The molecule has 2 amide bonds. The van der Waals surface area contributed by atoms with Crippen LogP contribution in [0.5, 0.6) is 0 Å². The van der Waals surface area contributed by atoms with Crippen LogP contribution >= 0.6 is 0 Å². The van der Waals surface area contributed by atoms with Crippen molar-refractivity contribution in [1.29, 1.82) is 0 Å². The van der Waals surface area contributed by atoms with Crippen LogP contribution in [0.4, 0.5) is 11.4 Å². The second kappa shape index (κ2) is 11.3. The highest BCUT2D eigenvalue weighted by Gasteiger charge is 2.49. The summed E-state index contributed by atoms with van der Waals surface area (Å²) in [5.41, 5.74) is 0.321. The normalized spacial score (nSPS) is 13.5. The fourth-order valence-corrected chi connectivity index (χ4v) is 3.80. The predicted octanol–water partition coefficient (Wildman–Crippen LogP) is 2.57. The summed E-state index contributed by atoms with van der Waals surface area (Å²) in [6.07, 6.45) is 0. The minimum Gasteiger partial charge on any atom is -0.465 e. The summed E-state index contributed by atoms with van der Waals surface area (Å²) in [5, 5.41) is 2.69.